The van der Waals surface area contributed by atoms with E-state index in [0.717, 1.165) is 6.42 Å². The van der Waals surface area contributed by atoms with E-state index in [4.69, 9.17) is 0 Å². The molecule has 1 atom stereocenters. The minimum absolute atomic E-state index is 0.172. The molecule has 11 heavy (non-hydrogen) atoms. The van der Waals surface area contributed by atoms with Gasteiger partial charge in [-0.1, -0.05) is 18.2 Å². The lowest BCUT2D eigenvalue weighted by molar-refractivity contribution is -0.123. The Labute approximate surface area is 68.8 Å². The summed E-state index contributed by atoms with van der Waals surface area (Å²) in [5.41, 5.74) is -0.369. The van der Waals surface area contributed by atoms with Crippen molar-refractivity contribution in [2.75, 3.05) is 0 Å². The van der Waals surface area contributed by atoms with Crippen LogP contribution in [-0.2, 0) is 4.79 Å². The molecule has 0 N–H and O–H groups in total. The Hall–Kier alpha value is -0.850. The minimum atomic E-state index is -0.369. The SMILES string of the molecule is C=CC(C)(C/C=C/C)C(C)=O. The maximum absolute atomic E-state index is 11.1. The molecule has 0 aromatic heterocycles. The average molecular weight is 152 g/mol. The summed E-state index contributed by atoms with van der Waals surface area (Å²) in [6.07, 6.45) is 6.41. The second-order valence-corrected chi connectivity index (χ2v) is 2.95. The van der Waals surface area contributed by atoms with Gasteiger partial charge in [0.2, 0.25) is 0 Å². The number of ketones is 1. The molecule has 0 aromatic rings. The van der Waals surface area contributed by atoms with Crippen molar-refractivity contribution in [3.8, 4) is 0 Å². The predicted molar refractivity (Wildman–Crippen MR) is 48.4 cm³/mol. The molecule has 62 valence electrons. The highest BCUT2D eigenvalue weighted by atomic mass is 16.1. The number of carbonyl (C=O) groups is 1. The molecule has 0 fully saturated rings. The molecule has 1 unspecified atom stereocenters. The molecule has 1 nitrogen and oxygen atoms in total. The molecule has 0 spiro atoms. The van der Waals surface area contributed by atoms with Crippen molar-refractivity contribution < 1.29 is 4.79 Å². The van der Waals surface area contributed by atoms with Crippen LogP contribution in [0.4, 0.5) is 0 Å². The number of Topliss-reactive ketones (excluding diaryl/α,β-unsaturated/α-hetero) is 1. The van der Waals surface area contributed by atoms with E-state index in [2.05, 4.69) is 6.58 Å². The third-order valence-corrected chi connectivity index (χ3v) is 2.03. The summed E-state index contributed by atoms with van der Waals surface area (Å²) in [7, 11) is 0. The third-order valence-electron chi connectivity index (χ3n) is 2.03. The molecule has 0 aliphatic heterocycles. The topological polar surface area (TPSA) is 17.1 Å². The number of hydrogen-bond acceptors (Lipinski definition) is 1. The van der Waals surface area contributed by atoms with Gasteiger partial charge in [-0.15, -0.1) is 6.58 Å². The monoisotopic (exact) mass is 152 g/mol. The van der Waals surface area contributed by atoms with E-state index in [9.17, 15) is 4.79 Å². The van der Waals surface area contributed by atoms with Crippen LogP contribution in [0.5, 0.6) is 0 Å². The number of carbonyl (C=O) groups excluding carboxylic acids is 1. The first kappa shape index (κ1) is 10.2. The van der Waals surface area contributed by atoms with Crippen molar-refractivity contribution in [1.82, 2.24) is 0 Å². The highest BCUT2D eigenvalue weighted by Crippen LogP contribution is 2.24. The average Bonchev–Trinajstić information content (AvgIpc) is 2.00. The van der Waals surface area contributed by atoms with Crippen molar-refractivity contribution in [2.24, 2.45) is 5.41 Å². The van der Waals surface area contributed by atoms with Crippen molar-refractivity contribution in [3.05, 3.63) is 24.8 Å². The zero-order valence-electron chi connectivity index (χ0n) is 7.55. The normalized spacial score (nSPS) is 16.3. The van der Waals surface area contributed by atoms with E-state index < -0.39 is 0 Å². The number of hydrogen-bond donors (Lipinski definition) is 0. The van der Waals surface area contributed by atoms with Gasteiger partial charge in [0.1, 0.15) is 5.78 Å². The zero-order chi connectivity index (χ0) is 8.91. The van der Waals surface area contributed by atoms with Gasteiger partial charge in [-0.3, -0.25) is 4.79 Å². The molecule has 0 bridgehead atoms. The molecule has 0 rings (SSSR count). The van der Waals surface area contributed by atoms with Crippen molar-refractivity contribution in [3.63, 3.8) is 0 Å². The Morgan fingerprint density at radius 3 is 2.45 bits per heavy atom. The maximum atomic E-state index is 11.1. The first-order chi connectivity index (χ1) is 5.06. The molecule has 0 amide bonds. The van der Waals surface area contributed by atoms with Crippen LogP contribution in [0.15, 0.2) is 24.8 Å². The van der Waals surface area contributed by atoms with Gasteiger partial charge in [-0.05, 0) is 27.2 Å². The second kappa shape index (κ2) is 4.12. The van der Waals surface area contributed by atoms with E-state index in [1.54, 1.807) is 13.0 Å². The van der Waals surface area contributed by atoms with Gasteiger partial charge in [0, 0.05) is 5.41 Å². The van der Waals surface area contributed by atoms with Gasteiger partial charge in [-0.25, -0.2) is 0 Å². The molecule has 0 aromatic carbocycles. The molecule has 0 aliphatic rings. The van der Waals surface area contributed by atoms with Crippen LogP contribution in [0.2, 0.25) is 0 Å². The highest BCUT2D eigenvalue weighted by molar-refractivity contribution is 5.83. The quantitative estimate of drug-likeness (QED) is 0.566. The fourth-order valence-electron chi connectivity index (χ4n) is 0.733. The zero-order valence-corrected chi connectivity index (χ0v) is 7.55. The fourth-order valence-corrected chi connectivity index (χ4v) is 0.733. The van der Waals surface area contributed by atoms with Gasteiger partial charge >= 0.3 is 0 Å². The van der Waals surface area contributed by atoms with Crippen LogP contribution in [-0.4, -0.2) is 5.78 Å². The molecule has 0 aliphatic carbocycles. The second-order valence-electron chi connectivity index (χ2n) is 2.95. The van der Waals surface area contributed by atoms with Crippen LogP contribution in [0.1, 0.15) is 27.2 Å². The highest BCUT2D eigenvalue weighted by Gasteiger charge is 2.23. The Kier molecular flexibility index (Phi) is 3.80. The molecule has 0 heterocycles. The molecule has 0 saturated carbocycles. The summed E-state index contributed by atoms with van der Waals surface area (Å²) in [5.74, 6) is 0.172. The van der Waals surface area contributed by atoms with Gasteiger partial charge < -0.3 is 0 Å². The maximum Gasteiger partial charge on any atom is 0.139 e. The van der Waals surface area contributed by atoms with Gasteiger partial charge in [0.15, 0.2) is 0 Å². The van der Waals surface area contributed by atoms with E-state index in [0.29, 0.717) is 0 Å². The molecule has 1 heteroatoms. The summed E-state index contributed by atoms with van der Waals surface area (Å²) in [6.45, 7) is 9.11. The number of rotatable bonds is 4. The molecule has 0 radical (unpaired) electrons. The Morgan fingerprint density at radius 2 is 2.18 bits per heavy atom. The van der Waals surface area contributed by atoms with Gasteiger partial charge in [0.05, 0.1) is 0 Å². The lowest BCUT2D eigenvalue weighted by Crippen LogP contribution is -2.21. The Morgan fingerprint density at radius 1 is 1.64 bits per heavy atom. The van der Waals surface area contributed by atoms with Crippen LogP contribution in [0.3, 0.4) is 0 Å². The van der Waals surface area contributed by atoms with Gasteiger partial charge in [0.25, 0.3) is 0 Å². The largest absolute Gasteiger partial charge is 0.299 e. The van der Waals surface area contributed by atoms with Crippen molar-refractivity contribution in [2.45, 2.75) is 27.2 Å². The van der Waals surface area contributed by atoms with E-state index in [1.165, 1.54) is 0 Å². The van der Waals surface area contributed by atoms with Crippen molar-refractivity contribution in [1.29, 1.82) is 0 Å². The van der Waals surface area contributed by atoms with E-state index in [1.807, 2.05) is 26.0 Å². The van der Waals surface area contributed by atoms with Crippen LogP contribution >= 0.6 is 0 Å². The standard InChI is InChI=1S/C10H16O/c1-5-7-8-10(4,6-2)9(3)11/h5-7H,2,8H2,1,3-4H3/b7-5+. The third kappa shape index (κ3) is 2.71. The first-order valence-electron chi connectivity index (χ1n) is 3.82. The molecular weight excluding hydrogens is 136 g/mol. The smallest absolute Gasteiger partial charge is 0.139 e. The van der Waals surface area contributed by atoms with Crippen LogP contribution < -0.4 is 0 Å². The molecular formula is C10H16O. The Balaban J connectivity index is 4.34. The summed E-state index contributed by atoms with van der Waals surface area (Å²) >= 11 is 0. The summed E-state index contributed by atoms with van der Waals surface area (Å²) in [6, 6.07) is 0. The summed E-state index contributed by atoms with van der Waals surface area (Å²) in [5, 5.41) is 0. The Bertz CT molecular complexity index is 179. The lowest BCUT2D eigenvalue weighted by atomic mass is 9.83. The summed E-state index contributed by atoms with van der Waals surface area (Å²) in [4.78, 5) is 11.1. The van der Waals surface area contributed by atoms with Crippen LogP contribution in [0, 0.1) is 5.41 Å². The minimum Gasteiger partial charge on any atom is -0.299 e. The van der Waals surface area contributed by atoms with Gasteiger partial charge in [-0.2, -0.15) is 0 Å². The fraction of sp³-hybridized carbons (Fsp3) is 0.500. The summed E-state index contributed by atoms with van der Waals surface area (Å²) < 4.78 is 0. The molecule has 0 saturated heterocycles. The lowest BCUT2D eigenvalue weighted by Gasteiger charge is -2.19. The number of allylic oxidation sites excluding steroid dienone is 3. The van der Waals surface area contributed by atoms with Crippen LogP contribution in [0.25, 0.3) is 0 Å². The first-order valence-corrected chi connectivity index (χ1v) is 3.82. The van der Waals surface area contributed by atoms with E-state index in [-0.39, 0.29) is 11.2 Å². The predicted octanol–water partition coefficient (Wildman–Crippen LogP) is 2.73. The van der Waals surface area contributed by atoms with E-state index >= 15 is 0 Å². The van der Waals surface area contributed by atoms with Crippen molar-refractivity contribution >= 4 is 5.78 Å².